The quantitative estimate of drug-likeness (QED) is 0.761. The lowest BCUT2D eigenvalue weighted by Gasteiger charge is -2.22. The van der Waals surface area contributed by atoms with Crippen LogP contribution in [-0.2, 0) is 0 Å². The molecule has 0 bridgehead atoms. The lowest BCUT2D eigenvalue weighted by Crippen LogP contribution is -2.23. The summed E-state index contributed by atoms with van der Waals surface area (Å²) in [5, 5.41) is 3.57. The second-order valence-electron chi connectivity index (χ2n) is 5.05. The molecular weight excluding hydrogens is 196 g/mol. The van der Waals surface area contributed by atoms with Gasteiger partial charge in [-0.25, -0.2) is 0 Å². The number of rotatable bonds is 3. The van der Waals surface area contributed by atoms with Crippen LogP contribution in [0.5, 0.6) is 0 Å². The van der Waals surface area contributed by atoms with Crippen LogP contribution in [-0.4, -0.2) is 6.04 Å². The lowest BCUT2D eigenvalue weighted by atomic mass is 9.99. The normalized spacial score (nSPS) is 18.6. The summed E-state index contributed by atoms with van der Waals surface area (Å²) in [7, 11) is 0. The third kappa shape index (κ3) is 2.49. The largest absolute Gasteiger partial charge is 0.398 e. The molecule has 1 fully saturated rings. The average Bonchev–Trinajstić information content (AvgIpc) is 2.77. The molecule has 1 saturated carbocycles. The number of anilines is 2. The van der Waals surface area contributed by atoms with Crippen LogP contribution in [0.2, 0.25) is 0 Å². The second-order valence-corrected chi connectivity index (χ2v) is 5.05. The Kier molecular flexibility index (Phi) is 3.37. The Hall–Kier alpha value is -1.18. The van der Waals surface area contributed by atoms with Crippen molar-refractivity contribution in [3.8, 4) is 0 Å². The molecule has 0 amide bonds. The predicted octanol–water partition coefficient (Wildman–Crippen LogP) is 3.57. The van der Waals surface area contributed by atoms with E-state index < -0.39 is 0 Å². The average molecular weight is 218 g/mol. The van der Waals surface area contributed by atoms with Gasteiger partial charge in [-0.2, -0.15) is 0 Å². The van der Waals surface area contributed by atoms with Crippen LogP contribution in [0, 0.1) is 12.8 Å². The van der Waals surface area contributed by atoms with Gasteiger partial charge < -0.3 is 11.1 Å². The van der Waals surface area contributed by atoms with Crippen LogP contribution < -0.4 is 11.1 Å². The first-order valence-corrected chi connectivity index (χ1v) is 6.29. The summed E-state index contributed by atoms with van der Waals surface area (Å²) in [5.41, 5.74) is 9.10. The molecule has 0 heterocycles. The van der Waals surface area contributed by atoms with Gasteiger partial charge in [-0.3, -0.25) is 0 Å². The Labute approximate surface area is 98.2 Å². The fourth-order valence-corrected chi connectivity index (χ4v) is 2.57. The van der Waals surface area contributed by atoms with Crippen molar-refractivity contribution in [2.75, 3.05) is 11.1 Å². The molecule has 1 aromatic rings. The maximum absolute atomic E-state index is 5.91. The first-order valence-electron chi connectivity index (χ1n) is 6.29. The van der Waals surface area contributed by atoms with Crippen LogP contribution in [0.15, 0.2) is 18.2 Å². The van der Waals surface area contributed by atoms with Crippen LogP contribution >= 0.6 is 0 Å². The Bertz CT molecular complexity index is 354. The maximum Gasteiger partial charge on any atom is 0.0364 e. The zero-order chi connectivity index (χ0) is 11.5. The van der Waals surface area contributed by atoms with Gasteiger partial charge in [-0.1, -0.05) is 18.9 Å². The van der Waals surface area contributed by atoms with E-state index in [1.54, 1.807) is 0 Å². The van der Waals surface area contributed by atoms with Crippen LogP contribution in [0.4, 0.5) is 11.4 Å². The fraction of sp³-hybridized carbons (Fsp3) is 0.571. The minimum atomic E-state index is 0.560. The minimum Gasteiger partial charge on any atom is -0.398 e. The van der Waals surface area contributed by atoms with Crippen molar-refractivity contribution in [2.45, 2.75) is 45.6 Å². The molecule has 1 aromatic carbocycles. The molecule has 0 aliphatic heterocycles. The Morgan fingerprint density at radius 3 is 2.62 bits per heavy atom. The van der Waals surface area contributed by atoms with Crippen molar-refractivity contribution >= 4 is 11.4 Å². The number of aryl methyl sites for hydroxylation is 1. The summed E-state index contributed by atoms with van der Waals surface area (Å²) in [5.74, 6) is 0.836. The zero-order valence-electron chi connectivity index (χ0n) is 10.3. The van der Waals surface area contributed by atoms with Gasteiger partial charge in [0.05, 0.1) is 0 Å². The highest BCUT2D eigenvalue weighted by Gasteiger charge is 2.21. The molecule has 3 N–H and O–H groups in total. The van der Waals surface area contributed by atoms with Gasteiger partial charge in [0, 0.05) is 17.4 Å². The van der Waals surface area contributed by atoms with E-state index in [4.69, 9.17) is 5.73 Å². The second kappa shape index (κ2) is 4.77. The summed E-state index contributed by atoms with van der Waals surface area (Å²) in [6, 6.07) is 6.81. The van der Waals surface area contributed by atoms with E-state index in [1.807, 2.05) is 13.0 Å². The smallest absolute Gasteiger partial charge is 0.0364 e. The SMILES string of the molecule is Cc1ccc(NC(C)C2CCCC2)cc1N. The van der Waals surface area contributed by atoms with Gasteiger partial charge >= 0.3 is 0 Å². The van der Waals surface area contributed by atoms with Gasteiger partial charge in [0.2, 0.25) is 0 Å². The molecule has 2 rings (SSSR count). The molecule has 0 saturated heterocycles. The molecule has 1 aliphatic rings. The predicted molar refractivity (Wildman–Crippen MR) is 70.6 cm³/mol. The summed E-state index contributed by atoms with van der Waals surface area (Å²) in [4.78, 5) is 0. The molecule has 1 aliphatic carbocycles. The highest BCUT2D eigenvalue weighted by molar-refractivity contribution is 5.58. The maximum atomic E-state index is 5.91. The first-order chi connectivity index (χ1) is 7.66. The van der Waals surface area contributed by atoms with Gasteiger partial charge in [-0.05, 0) is 50.3 Å². The number of hydrogen-bond acceptors (Lipinski definition) is 2. The Morgan fingerprint density at radius 1 is 1.31 bits per heavy atom. The molecule has 16 heavy (non-hydrogen) atoms. The van der Waals surface area contributed by atoms with E-state index in [-0.39, 0.29) is 0 Å². The van der Waals surface area contributed by atoms with E-state index in [2.05, 4.69) is 24.4 Å². The number of nitrogen functional groups attached to an aromatic ring is 1. The number of nitrogens with one attached hydrogen (secondary N) is 1. The molecule has 0 aromatic heterocycles. The molecule has 0 radical (unpaired) electrons. The molecular formula is C14H22N2. The highest BCUT2D eigenvalue weighted by atomic mass is 14.9. The van der Waals surface area contributed by atoms with E-state index >= 15 is 0 Å². The third-order valence-electron chi connectivity index (χ3n) is 3.78. The number of benzene rings is 1. The van der Waals surface area contributed by atoms with Crippen molar-refractivity contribution in [2.24, 2.45) is 5.92 Å². The summed E-state index contributed by atoms with van der Waals surface area (Å²) in [6.07, 6.45) is 5.53. The van der Waals surface area contributed by atoms with Crippen molar-refractivity contribution in [1.29, 1.82) is 0 Å². The molecule has 2 heteroatoms. The highest BCUT2D eigenvalue weighted by Crippen LogP contribution is 2.29. The molecule has 1 unspecified atom stereocenters. The number of nitrogens with two attached hydrogens (primary N) is 1. The van der Waals surface area contributed by atoms with Crippen molar-refractivity contribution < 1.29 is 0 Å². The van der Waals surface area contributed by atoms with Crippen molar-refractivity contribution in [3.63, 3.8) is 0 Å². The summed E-state index contributed by atoms with van der Waals surface area (Å²) in [6.45, 7) is 4.32. The zero-order valence-corrected chi connectivity index (χ0v) is 10.3. The van der Waals surface area contributed by atoms with E-state index in [1.165, 1.54) is 25.7 Å². The Morgan fingerprint density at radius 2 is 2.00 bits per heavy atom. The van der Waals surface area contributed by atoms with Crippen molar-refractivity contribution in [3.05, 3.63) is 23.8 Å². The lowest BCUT2D eigenvalue weighted by molar-refractivity contribution is 0.482. The Balaban J connectivity index is 1.99. The van der Waals surface area contributed by atoms with Crippen LogP contribution in [0.3, 0.4) is 0 Å². The molecule has 88 valence electrons. The van der Waals surface area contributed by atoms with E-state index in [0.29, 0.717) is 6.04 Å². The minimum absolute atomic E-state index is 0.560. The van der Waals surface area contributed by atoms with Crippen LogP contribution in [0.25, 0.3) is 0 Å². The molecule has 2 nitrogen and oxygen atoms in total. The fourth-order valence-electron chi connectivity index (χ4n) is 2.57. The summed E-state index contributed by atoms with van der Waals surface area (Å²) < 4.78 is 0. The molecule has 0 spiro atoms. The monoisotopic (exact) mass is 218 g/mol. The van der Waals surface area contributed by atoms with Crippen molar-refractivity contribution in [1.82, 2.24) is 0 Å². The van der Waals surface area contributed by atoms with Gasteiger partial charge in [0.1, 0.15) is 0 Å². The standard InChI is InChI=1S/C14H22N2/c1-10-7-8-13(9-14(10)15)16-11(2)12-5-3-4-6-12/h7-9,11-12,16H,3-6,15H2,1-2H3. The van der Waals surface area contributed by atoms with E-state index in [0.717, 1.165) is 22.9 Å². The third-order valence-corrected chi connectivity index (χ3v) is 3.78. The summed E-state index contributed by atoms with van der Waals surface area (Å²) >= 11 is 0. The van der Waals surface area contributed by atoms with Gasteiger partial charge in [0.15, 0.2) is 0 Å². The van der Waals surface area contributed by atoms with E-state index in [9.17, 15) is 0 Å². The molecule has 1 atom stereocenters. The topological polar surface area (TPSA) is 38.0 Å². The van der Waals surface area contributed by atoms with Crippen LogP contribution in [0.1, 0.15) is 38.2 Å². The first kappa shape index (κ1) is 11.3. The number of hydrogen-bond donors (Lipinski definition) is 2. The van der Waals surface area contributed by atoms with Gasteiger partial charge in [0.25, 0.3) is 0 Å². The van der Waals surface area contributed by atoms with Gasteiger partial charge in [-0.15, -0.1) is 0 Å².